The van der Waals surface area contributed by atoms with E-state index in [2.05, 4.69) is 48.6 Å². The predicted molar refractivity (Wildman–Crippen MR) is 104 cm³/mol. The molecule has 0 amide bonds. The Labute approximate surface area is 166 Å². The molecule has 0 bridgehead atoms. The zero-order valence-corrected chi connectivity index (χ0v) is 16.2. The highest BCUT2D eigenvalue weighted by atomic mass is 35.5. The van der Waals surface area contributed by atoms with E-state index in [4.69, 9.17) is 16.3 Å². The predicted octanol–water partition coefficient (Wildman–Crippen LogP) is 2.52. The number of nitrogens with one attached hydrogen (secondary N) is 1. The third kappa shape index (κ3) is 6.06. The number of rotatable bonds is 7. The van der Waals surface area contributed by atoms with Crippen LogP contribution in [0.1, 0.15) is 22.3 Å². The summed E-state index contributed by atoms with van der Waals surface area (Å²) < 4.78 is 6.00. The number of hydrogen-bond acceptors (Lipinski definition) is 2. The smallest absolute Gasteiger partial charge is 0.124 e. The van der Waals surface area contributed by atoms with Crippen molar-refractivity contribution in [1.29, 1.82) is 0 Å². The van der Waals surface area contributed by atoms with Gasteiger partial charge in [0.1, 0.15) is 12.4 Å². The standard InChI is InChI=1S/C22H22ClNO.ClH/c1-17-7-9-18(10-8-17)14-24-15-20-13-21(23)11-12-22(20)25-16-19-5-3-2-4-6-19;/h2-13,24H,14-16H2,1H3;1H/p-1. The van der Waals surface area contributed by atoms with Gasteiger partial charge in [0.2, 0.25) is 0 Å². The molecule has 0 radical (unpaired) electrons. The summed E-state index contributed by atoms with van der Waals surface area (Å²) in [7, 11) is 0. The van der Waals surface area contributed by atoms with Gasteiger partial charge in [-0.15, -0.1) is 0 Å². The van der Waals surface area contributed by atoms with Crippen LogP contribution in [0.2, 0.25) is 5.02 Å². The summed E-state index contributed by atoms with van der Waals surface area (Å²) in [5.41, 5.74) is 4.75. The second kappa shape index (κ2) is 10.2. The molecule has 0 aliphatic heterocycles. The van der Waals surface area contributed by atoms with Gasteiger partial charge in [0.25, 0.3) is 0 Å². The molecular formula is C22H22Cl2NO-. The van der Waals surface area contributed by atoms with Gasteiger partial charge in [0.15, 0.2) is 0 Å². The Morgan fingerprint density at radius 1 is 0.846 bits per heavy atom. The molecular weight excluding hydrogens is 365 g/mol. The average Bonchev–Trinajstić information content (AvgIpc) is 2.63. The lowest BCUT2D eigenvalue weighted by Crippen LogP contribution is -3.00. The number of hydrogen-bond donors (Lipinski definition) is 1. The zero-order valence-electron chi connectivity index (χ0n) is 14.7. The van der Waals surface area contributed by atoms with Crippen molar-refractivity contribution >= 4 is 11.6 Å². The van der Waals surface area contributed by atoms with Crippen LogP contribution in [0, 0.1) is 6.92 Å². The van der Waals surface area contributed by atoms with Gasteiger partial charge in [-0.3, -0.25) is 0 Å². The molecule has 0 heterocycles. The number of halogens is 2. The average molecular weight is 387 g/mol. The summed E-state index contributed by atoms with van der Waals surface area (Å²) in [6.07, 6.45) is 0. The Bertz CT molecular complexity index is 804. The van der Waals surface area contributed by atoms with Gasteiger partial charge in [-0.05, 0) is 36.2 Å². The molecule has 2 nitrogen and oxygen atoms in total. The Morgan fingerprint density at radius 2 is 1.58 bits per heavy atom. The molecule has 0 unspecified atom stereocenters. The highest BCUT2D eigenvalue weighted by Gasteiger charge is 2.06. The minimum atomic E-state index is 0. The van der Waals surface area contributed by atoms with E-state index in [1.807, 2.05) is 36.4 Å². The summed E-state index contributed by atoms with van der Waals surface area (Å²) in [5.74, 6) is 0.865. The van der Waals surface area contributed by atoms with E-state index in [0.717, 1.165) is 28.4 Å². The van der Waals surface area contributed by atoms with Gasteiger partial charge < -0.3 is 22.5 Å². The first kappa shape index (κ1) is 20.3. The number of ether oxygens (including phenoxy) is 1. The van der Waals surface area contributed by atoms with E-state index in [9.17, 15) is 0 Å². The normalized spacial score (nSPS) is 10.2. The van der Waals surface area contributed by atoms with Crippen molar-refractivity contribution in [3.05, 3.63) is 100 Å². The summed E-state index contributed by atoms with van der Waals surface area (Å²) in [4.78, 5) is 0. The summed E-state index contributed by atoms with van der Waals surface area (Å²) >= 11 is 6.16. The molecule has 3 aromatic rings. The van der Waals surface area contributed by atoms with Crippen molar-refractivity contribution < 1.29 is 17.1 Å². The molecule has 0 atom stereocenters. The Hall–Kier alpha value is -2.00. The summed E-state index contributed by atoms with van der Waals surface area (Å²) in [6, 6.07) is 24.5. The minimum absolute atomic E-state index is 0. The van der Waals surface area contributed by atoms with Gasteiger partial charge in [0, 0.05) is 23.7 Å². The van der Waals surface area contributed by atoms with Gasteiger partial charge in [-0.2, -0.15) is 0 Å². The van der Waals surface area contributed by atoms with E-state index in [1.165, 1.54) is 11.1 Å². The molecule has 0 aliphatic carbocycles. The minimum Gasteiger partial charge on any atom is -1.00 e. The van der Waals surface area contributed by atoms with Crippen LogP contribution in [0.3, 0.4) is 0 Å². The van der Waals surface area contributed by atoms with Crippen molar-refractivity contribution in [3.63, 3.8) is 0 Å². The fourth-order valence-corrected chi connectivity index (χ4v) is 2.80. The van der Waals surface area contributed by atoms with E-state index < -0.39 is 0 Å². The highest BCUT2D eigenvalue weighted by Crippen LogP contribution is 2.24. The molecule has 3 aromatic carbocycles. The van der Waals surface area contributed by atoms with Crippen molar-refractivity contribution in [1.82, 2.24) is 5.32 Å². The summed E-state index contributed by atoms with van der Waals surface area (Å²) in [6.45, 7) is 4.16. The van der Waals surface area contributed by atoms with Crippen LogP contribution >= 0.6 is 11.6 Å². The maximum absolute atomic E-state index is 6.16. The van der Waals surface area contributed by atoms with Crippen LogP contribution < -0.4 is 22.5 Å². The maximum atomic E-state index is 6.16. The Balaban J connectivity index is 0.00000243. The van der Waals surface area contributed by atoms with E-state index in [1.54, 1.807) is 0 Å². The van der Waals surface area contributed by atoms with Crippen LogP contribution in [-0.4, -0.2) is 0 Å². The molecule has 1 N–H and O–H groups in total. The van der Waals surface area contributed by atoms with Crippen LogP contribution in [-0.2, 0) is 19.7 Å². The van der Waals surface area contributed by atoms with E-state index in [-0.39, 0.29) is 12.4 Å². The third-order valence-corrected chi connectivity index (χ3v) is 4.26. The summed E-state index contributed by atoms with van der Waals surface area (Å²) in [5, 5.41) is 4.19. The van der Waals surface area contributed by atoms with Crippen molar-refractivity contribution in [3.8, 4) is 5.75 Å². The number of aryl methyl sites for hydroxylation is 1. The lowest BCUT2D eigenvalue weighted by molar-refractivity contribution is -0.00000535. The highest BCUT2D eigenvalue weighted by molar-refractivity contribution is 6.30. The zero-order chi connectivity index (χ0) is 17.5. The maximum Gasteiger partial charge on any atom is 0.124 e. The molecule has 0 saturated heterocycles. The second-order valence-electron chi connectivity index (χ2n) is 6.12. The molecule has 3 rings (SSSR count). The van der Waals surface area contributed by atoms with Crippen LogP contribution in [0.5, 0.6) is 5.75 Å². The largest absolute Gasteiger partial charge is 1.00 e. The lowest BCUT2D eigenvalue weighted by atomic mass is 10.1. The SMILES string of the molecule is Cc1ccc(CNCc2cc(Cl)ccc2OCc2ccccc2)cc1.[Cl-]. The van der Waals surface area contributed by atoms with E-state index in [0.29, 0.717) is 13.2 Å². The molecule has 136 valence electrons. The van der Waals surface area contributed by atoms with Crippen molar-refractivity contribution in [2.45, 2.75) is 26.6 Å². The molecule has 0 aromatic heterocycles. The second-order valence-corrected chi connectivity index (χ2v) is 6.55. The fourth-order valence-electron chi connectivity index (χ4n) is 2.61. The van der Waals surface area contributed by atoms with Gasteiger partial charge >= 0.3 is 0 Å². The molecule has 0 fully saturated rings. The topological polar surface area (TPSA) is 21.3 Å². The van der Waals surface area contributed by atoms with Gasteiger partial charge in [-0.1, -0.05) is 71.8 Å². The third-order valence-electron chi connectivity index (χ3n) is 4.02. The van der Waals surface area contributed by atoms with Crippen molar-refractivity contribution in [2.75, 3.05) is 0 Å². The monoisotopic (exact) mass is 386 g/mol. The molecule has 26 heavy (non-hydrogen) atoms. The fraction of sp³-hybridized carbons (Fsp3) is 0.182. The molecule has 4 heteroatoms. The molecule has 0 spiro atoms. The Kier molecular flexibility index (Phi) is 7.99. The van der Waals surface area contributed by atoms with Gasteiger partial charge in [-0.25, -0.2) is 0 Å². The Morgan fingerprint density at radius 3 is 2.31 bits per heavy atom. The van der Waals surface area contributed by atoms with Crippen LogP contribution in [0.25, 0.3) is 0 Å². The first-order valence-corrected chi connectivity index (χ1v) is 8.80. The lowest BCUT2D eigenvalue weighted by Gasteiger charge is -2.13. The van der Waals surface area contributed by atoms with Crippen LogP contribution in [0.15, 0.2) is 72.8 Å². The van der Waals surface area contributed by atoms with Crippen molar-refractivity contribution in [2.24, 2.45) is 0 Å². The first-order chi connectivity index (χ1) is 12.2. The van der Waals surface area contributed by atoms with E-state index >= 15 is 0 Å². The first-order valence-electron chi connectivity index (χ1n) is 8.42. The van der Waals surface area contributed by atoms with Gasteiger partial charge in [0.05, 0.1) is 0 Å². The number of benzene rings is 3. The molecule has 0 saturated carbocycles. The quantitative estimate of drug-likeness (QED) is 0.673. The molecule has 0 aliphatic rings. The van der Waals surface area contributed by atoms with Crippen LogP contribution in [0.4, 0.5) is 0 Å².